The summed E-state index contributed by atoms with van der Waals surface area (Å²) in [6.07, 6.45) is 10.8. The van der Waals surface area contributed by atoms with Crippen molar-refractivity contribution in [2.24, 2.45) is 17.8 Å². The van der Waals surface area contributed by atoms with E-state index in [0.717, 1.165) is 62.6 Å². The van der Waals surface area contributed by atoms with Gasteiger partial charge in [-0.05, 0) is 87.5 Å². The number of ether oxygens (including phenoxy) is 1. The molecule has 0 bridgehead atoms. The number of nitriles is 1. The average molecular weight is 584 g/mol. The van der Waals surface area contributed by atoms with E-state index in [9.17, 15) is 19.6 Å². The Labute approximate surface area is 250 Å². The van der Waals surface area contributed by atoms with Gasteiger partial charge in [0.05, 0.1) is 47.0 Å². The highest BCUT2D eigenvalue weighted by Gasteiger charge is 2.33. The molecule has 0 atom stereocenters. The number of methoxy groups -OCH3 is 1. The summed E-state index contributed by atoms with van der Waals surface area (Å²) in [5.74, 6) is 1.31. The molecular weight excluding hydrogens is 546 g/mol. The van der Waals surface area contributed by atoms with Crippen molar-refractivity contribution in [3.63, 3.8) is 0 Å². The van der Waals surface area contributed by atoms with Crippen molar-refractivity contribution in [3.8, 4) is 17.5 Å². The minimum absolute atomic E-state index is 0.0675. The molecule has 3 aromatic rings. The van der Waals surface area contributed by atoms with E-state index in [0.29, 0.717) is 59.0 Å². The standard InChI is InChI=1S/C32H37N7O4/c1-43-32(42)35-16-20-10-24(11-20)37-27-14-28(29-9-8-25-12-21(15-33)17-36-39(25)29)34-18-26(27)31(41)38-23-6-2-19(3-7-23)13-30(40)22-4-5-22/h8-9,12,14,17-20,22-24H,2-7,10-11,13,16H2,1H3,(H,34,37)(H,35,42)(H,38,41). The van der Waals surface area contributed by atoms with E-state index in [1.165, 1.54) is 13.3 Å². The predicted octanol–water partition coefficient (Wildman–Crippen LogP) is 4.47. The van der Waals surface area contributed by atoms with Crippen molar-refractivity contribution < 1.29 is 19.1 Å². The molecule has 3 saturated carbocycles. The summed E-state index contributed by atoms with van der Waals surface area (Å²) >= 11 is 0. The molecule has 0 aliphatic heterocycles. The lowest BCUT2D eigenvalue weighted by atomic mass is 9.80. The van der Waals surface area contributed by atoms with E-state index in [-0.39, 0.29) is 18.0 Å². The number of rotatable bonds is 10. The molecule has 3 aliphatic rings. The summed E-state index contributed by atoms with van der Waals surface area (Å²) in [6, 6.07) is 9.77. The van der Waals surface area contributed by atoms with Crippen molar-refractivity contribution in [2.75, 3.05) is 19.0 Å². The summed E-state index contributed by atoms with van der Waals surface area (Å²) in [5.41, 5.74) is 3.83. The Balaban J connectivity index is 1.16. The molecule has 3 N–H and O–H groups in total. The van der Waals surface area contributed by atoms with E-state index in [2.05, 4.69) is 36.8 Å². The number of nitrogens with one attached hydrogen (secondary N) is 3. The number of hydrogen-bond donors (Lipinski definition) is 3. The van der Waals surface area contributed by atoms with Gasteiger partial charge in [0.15, 0.2) is 0 Å². The summed E-state index contributed by atoms with van der Waals surface area (Å²) in [7, 11) is 1.35. The Morgan fingerprint density at radius 3 is 2.53 bits per heavy atom. The highest BCUT2D eigenvalue weighted by atomic mass is 16.5. The maximum atomic E-state index is 13.6. The fourth-order valence-electron chi connectivity index (χ4n) is 6.32. The molecule has 3 heterocycles. The molecule has 3 aromatic heterocycles. The number of amides is 2. The largest absolute Gasteiger partial charge is 0.453 e. The Bertz CT molecular complexity index is 1560. The zero-order valence-electron chi connectivity index (χ0n) is 24.3. The normalized spacial score (nSPS) is 23.1. The number of hydrogen-bond acceptors (Lipinski definition) is 8. The SMILES string of the molecule is COC(=O)NCC1CC(Nc2cc(-c3ccc4cc(C#N)cnn34)ncc2C(=O)NC2CCC(CC(=O)C3CC3)CC2)C1. The lowest BCUT2D eigenvalue weighted by Crippen LogP contribution is -2.42. The van der Waals surface area contributed by atoms with E-state index in [4.69, 9.17) is 0 Å². The first kappa shape index (κ1) is 28.6. The van der Waals surface area contributed by atoms with E-state index in [1.807, 2.05) is 18.2 Å². The second-order valence-corrected chi connectivity index (χ2v) is 12.2. The van der Waals surface area contributed by atoms with Crippen LogP contribution in [0.3, 0.4) is 0 Å². The lowest BCUT2D eigenvalue weighted by Gasteiger charge is -2.37. The van der Waals surface area contributed by atoms with Crippen molar-refractivity contribution in [2.45, 2.75) is 69.9 Å². The number of aromatic nitrogens is 3. The predicted molar refractivity (Wildman–Crippen MR) is 159 cm³/mol. The van der Waals surface area contributed by atoms with Crippen molar-refractivity contribution in [3.05, 3.63) is 47.8 Å². The number of Topliss-reactive ketones (excluding diaryl/α,β-unsaturated/α-hetero) is 1. The van der Waals surface area contributed by atoms with E-state index >= 15 is 0 Å². The first-order valence-electron chi connectivity index (χ1n) is 15.2. The summed E-state index contributed by atoms with van der Waals surface area (Å²) in [6.45, 7) is 0.543. The summed E-state index contributed by atoms with van der Waals surface area (Å²) in [5, 5.41) is 23.2. The molecule has 3 aliphatic carbocycles. The van der Waals surface area contributed by atoms with Gasteiger partial charge in [0.25, 0.3) is 5.91 Å². The first-order valence-corrected chi connectivity index (χ1v) is 15.2. The van der Waals surface area contributed by atoms with Crippen LogP contribution in [-0.4, -0.2) is 58.1 Å². The van der Waals surface area contributed by atoms with Gasteiger partial charge in [-0.1, -0.05) is 0 Å². The Hall–Kier alpha value is -4.46. The Morgan fingerprint density at radius 2 is 1.81 bits per heavy atom. The monoisotopic (exact) mass is 583 g/mol. The van der Waals surface area contributed by atoms with Crippen LogP contribution in [0.15, 0.2) is 36.7 Å². The summed E-state index contributed by atoms with van der Waals surface area (Å²) in [4.78, 5) is 41.9. The third-order valence-corrected chi connectivity index (χ3v) is 9.06. The van der Waals surface area contributed by atoms with Gasteiger partial charge in [-0.3, -0.25) is 14.6 Å². The zero-order valence-corrected chi connectivity index (χ0v) is 24.3. The molecule has 0 aromatic carbocycles. The topological polar surface area (TPSA) is 151 Å². The van der Waals surface area contributed by atoms with Crippen LogP contribution in [0.2, 0.25) is 0 Å². The average Bonchev–Trinajstić information content (AvgIpc) is 3.78. The van der Waals surface area contributed by atoms with Gasteiger partial charge < -0.3 is 20.7 Å². The van der Waals surface area contributed by atoms with Crippen LogP contribution in [0, 0.1) is 29.1 Å². The molecular formula is C32H37N7O4. The van der Waals surface area contributed by atoms with Crippen LogP contribution in [-0.2, 0) is 9.53 Å². The fourth-order valence-corrected chi connectivity index (χ4v) is 6.32. The van der Waals surface area contributed by atoms with Gasteiger partial charge in [0.1, 0.15) is 11.9 Å². The zero-order chi connectivity index (χ0) is 29.9. The molecule has 2 amide bonds. The molecule has 11 heteroatoms. The van der Waals surface area contributed by atoms with Gasteiger partial charge in [-0.2, -0.15) is 10.4 Å². The third-order valence-electron chi connectivity index (χ3n) is 9.06. The van der Waals surface area contributed by atoms with Crippen LogP contribution in [0.4, 0.5) is 10.5 Å². The second-order valence-electron chi connectivity index (χ2n) is 12.2. The van der Waals surface area contributed by atoms with Crippen molar-refractivity contribution >= 4 is 29.0 Å². The molecule has 224 valence electrons. The molecule has 0 unspecified atom stereocenters. The maximum Gasteiger partial charge on any atom is 0.406 e. The van der Waals surface area contributed by atoms with E-state index in [1.54, 1.807) is 16.8 Å². The van der Waals surface area contributed by atoms with Crippen LogP contribution in [0.1, 0.15) is 73.7 Å². The van der Waals surface area contributed by atoms with Crippen LogP contribution in [0.25, 0.3) is 16.9 Å². The first-order chi connectivity index (χ1) is 20.9. The fraction of sp³-hybridized carbons (Fsp3) is 0.500. The molecule has 0 radical (unpaired) electrons. The maximum absolute atomic E-state index is 13.6. The second kappa shape index (κ2) is 12.4. The third kappa shape index (κ3) is 6.63. The minimum Gasteiger partial charge on any atom is -0.453 e. The molecule has 11 nitrogen and oxygen atoms in total. The highest BCUT2D eigenvalue weighted by Crippen LogP contribution is 2.36. The number of ketones is 1. The number of fused-ring (bicyclic) bond motifs is 1. The number of carbonyl (C=O) groups excluding carboxylic acids is 3. The highest BCUT2D eigenvalue weighted by molar-refractivity contribution is 6.00. The number of anilines is 1. The smallest absolute Gasteiger partial charge is 0.406 e. The van der Waals surface area contributed by atoms with Crippen molar-refractivity contribution in [1.29, 1.82) is 5.26 Å². The summed E-state index contributed by atoms with van der Waals surface area (Å²) < 4.78 is 6.40. The van der Waals surface area contributed by atoms with Gasteiger partial charge in [-0.25, -0.2) is 9.31 Å². The van der Waals surface area contributed by atoms with Crippen molar-refractivity contribution in [1.82, 2.24) is 25.2 Å². The van der Waals surface area contributed by atoms with Gasteiger partial charge in [-0.15, -0.1) is 0 Å². The molecule has 0 saturated heterocycles. The van der Waals surface area contributed by atoms with Crippen LogP contribution >= 0.6 is 0 Å². The number of nitrogens with zero attached hydrogens (tertiary/aromatic N) is 4. The number of alkyl carbamates (subject to hydrolysis) is 1. The van der Waals surface area contributed by atoms with E-state index < -0.39 is 6.09 Å². The minimum atomic E-state index is -0.437. The molecule has 43 heavy (non-hydrogen) atoms. The lowest BCUT2D eigenvalue weighted by molar-refractivity contribution is -0.121. The number of carbonyl (C=O) groups is 3. The number of pyridine rings is 1. The van der Waals surface area contributed by atoms with Gasteiger partial charge in [0, 0.05) is 37.2 Å². The quantitative estimate of drug-likeness (QED) is 0.316. The molecule has 6 rings (SSSR count). The molecule has 0 spiro atoms. The van der Waals surface area contributed by atoms with Crippen LogP contribution < -0.4 is 16.0 Å². The Morgan fingerprint density at radius 1 is 1.02 bits per heavy atom. The van der Waals surface area contributed by atoms with Gasteiger partial charge >= 0.3 is 6.09 Å². The molecule has 3 fully saturated rings. The Kier molecular flexibility index (Phi) is 8.27. The van der Waals surface area contributed by atoms with Crippen LogP contribution in [0.5, 0.6) is 0 Å². The van der Waals surface area contributed by atoms with Gasteiger partial charge in [0.2, 0.25) is 0 Å².